The Labute approximate surface area is 78.4 Å². The van der Waals surface area contributed by atoms with Crippen LogP contribution in [0.4, 0.5) is 0 Å². The summed E-state index contributed by atoms with van der Waals surface area (Å²) in [5, 5.41) is 0. The van der Waals surface area contributed by atoms with Crippen molar-refractivity contribution in [3.63, 3.8) is 0 Å². The lowest BCUT2D eigenvalue weighted by Gasteiger charge is -2.38. The van der Waals surface area contributed by atoms with Gasteiger partial charge >= 0.3 is 0 Å². The van der Waals surface area contributed by atoms with Gasteiger partial charge in [-0.1, -0.05) is 12.0 Å². The van der Waals surface area contributed by atoms with Gasteiger partial charge in [0, 0.05) is 0 Å². The normalized spacial score (nSPS) is 20.2. The van der Waals surface area contributed by atoms with E-state index in [0.29, 0.717) is 19.6 Å². The number of likely N-dealkylation sites (tertiary alicyclic amines) is 1. The van der Waals surface area contributed by atoms with Gasteiger partial charge in [0.25, 0.3) is 0 Å². The molecule has 0 aromatic rings. The molecule has 1 rings (SSSR count). The van der Waals surface area contributed by atoms with Gasteiger partial charge in [0.05, 0.1) is 19.6 Å². The number of carbonyl (C=O) groups is 1. The van der Waals surface area contributed by atoms with Crippen molar-refractivity contribution in [2.75, 3.05) is 13.2 Å². The number of rotatable bonds is 4. The molecule has 1 fully saturated rings. The van der Waals surface area contributed by atoms with Gasteiger partial charge in [-0.15, -0.1) is 12.5 Å². The van der Waals surface area contributed by atoms with E-state index in [1.54, 1.807) is 17.9 Å². The van der Waals surface area contributed by atoms with Gasteiger partial charge in [0.15, 0.2) is 0 Å². The fraction of sp³-hybridized carbons (Fsp3) is 0.500. The van der Waals surface area contributed by atoms with Crippen molar-refractivity contribution in [2.45, 2.75) is 19.6 Å². The van der Waals surface area contributed by atoms with E-state index in [-0.39, 0.29) is 12.1 Å². The molecule has 0 aromatic heterocycles. The van der Waals surface area contributed by atoms with Gasteiger partial charge < -0.3 is 9.64 Å². The summed E-state index contributed by atoms with van der Waals surface area (Å²) in [6.07, 6.45) is 2.05. The molecule has 1 unspecified atom stereocenters. The van der Waals surface area contributed by atoms with Gasteiger partial charge in [-0.05, 0) is 6.92 Å². The average molecular weight is 179 g/mol. The van der Waals surface area contributed by atoms with Crippen molar-refractivity contribution in [3.05, 3.63) is 12.7 Å². The van der Waals surface area contributed by atoms with Crippen molar-refractivity contribution in [1.29, 1.82) is 0 Å². The third kappa shape index (κ3) is 2.33. The zero-order valence-corrected chi connectivity index (χ0v) is 7.75. The molecule has 0 radical (unpaired) electrons. The van der Waals surface area contributed by atoms with Gasteiger partial charge in [-0.3, -0.25) is 4.79 Å². The highest BCUT2D eigenvalue weighted by molar-refractivity contribution is 5.82. The van der Waals surface area contributed by atoms with E-state index in [0.717, 1.165) is 0 Å². The molecule has 3 heteroatoms. The lowest BCUT2D eigenvalue weighted by Crippen LogP contribution is -2.53. The highest BCUT2D eigenvalue weighted by Gasteiger charge is 2.35. The molecule has 70 valence electrons. The maximum Gasteiger partial charge on any atom is 0.229 e. The minimum absolute atomic E-state index is 0.0913. The number of hydrogen-bond acceptors (Lipinski definition) is 2. The molecule has 1 saturated heterocycles. The number of amides is 1. The van der Waals surface area contributed by atoms with Crippen LogP contribution in [-0.4, -0.2) is 30.2 Å². The third-order valence-corrected chi connectivity index (χ3v) is 1.85. The second-order valence-electron chi connectivity index (χ2n) is 2.73. The van der Waals surface area contributed by atoms with E-state index in [1.165, 1.54) is 0 Å². The first-order valence-corrected chi connectivity index (χ1v) is 4.21. The minimum Gasteiger partial charge on any atom is -0.354 e. The maximum absolute atomic E-state index is 11.1. The molecule has 0 aromatic carbocycles. The van der Waals surface area contributed by atoms with Crippen molar-refractivity contribution in [3.8, 4) is 11.8 Å². The highest BCUT2D eigenvalue weighted by atomic mass is 16.5. The summed E-state index contributed by atoms with van der Waals surface area (Å²) in [4.78, 5) is 12.7. The topological polar surface area (TPSA) is 29.5 Å². The Balaban J connectivity index is 2.35. The van der Waals surface area contributed by atoms with Gasteiger partial charge in [0.2, 0.25) is 5.91 Å². The van der Waals surface area contributed by atoms with Crippen LogP contribution in [0.5, 0.6) is 0 Å². The van der Waals surface area contributed by atoms with Crippen LogP contribution in [0.25, 0.3) is 0 Å². The molecule has 1 heterocycles. The molecule has 0 saturated carbocycles. The number of β-lactam (4-membered cyclic amide) rings is 1. The van der Waals surface area contributed by atoms with Crippen molar-refractivity contribution < 1.29 is 9.53 Å². The Kier molecular flexibility index (Phi) is 3.53. The monoisotopic (exact) mass is 179 g/mol. The molecule has 0 aliphatic carbocycles. The molecule has 1 amide bonds. The first kappa shape index (κ1) is 9.82. The first-order chi connectivity index (χ1) is 6.29. The predicted molar refractivity (Wildman–Crippen MR) is 49.7 cm³/mol. The Morgan fingerprint density at radius 3 is 3.15 bits per heavy atom. The molecule has 0 bridgehead atoms. The fourth-order valence-electron chi connectivity index (χ4n) is 1.11. The predicted octanol–water partition coefficient (Wildman–Crippen LogP) is 0.771. The summed E-state index contributed by atoms with van der Waals surface area (Å²) in [5.74, 6) is 5.69. The lowest BCUT2D eigenvalue weighted by molar-refractivity contribution is -0.169. The minimum atomic E-state index is -0.0913. The first-order valence-electron chi connectivity index (χ1n) is 4.21. The van der Waals surface area contributed by atoms with Gasteiger partial charge in [-0.25, -0.2) is 0 Å². The highest BCUT2D eigenvalue weighted by Crippen LogP contribution is 2.19. The number of ether oxygens (including phenoxy) is 1. The van der Waals surface area contributed by atoms with Crippen LogP contribution in [-0.2, 0) is 9.53 Å². The van der Waals surface area contributed by atoms with E-state index < -0.39 is 0 Å². The van der Waals surface area contributed by atoms with Crippen LogP contribution in [0.15, 0.2) is 12.7 Å². The summed E-state index contributed by atoms with van der Waals surface area (Å²) in [6, 6.07) is 0. The van der Waals surface area contributed by atoms with Crippen molar-refractivity contribution in [1.82, 2.24) is 4.90 Å². The van der Waals surface area contributed by atoms with Crippen molar-refractivity contribution in [2.24, 2.45) is 0 Å². The van der Waals surface area contributed by atoms with Crippen LogP contribution in [0.1, 0.15) is 13.3 Å². The van der Waals surface area contributed by atoms with E-state index in [9.17, 15) is 4.79 Å². The van der Waals surface area contributed by atoms with Crippen molar-refractivity contribution >= 4 is 5.91 Å². The molecular weight excluding hydrogens is 166 g/mol. The molecule has 0 spiro atoms. The molecule has 0 N–H and O–H groups in total. The standard InChI is InChI=1S/C10H13NO2/c1-3-5-6-11-9(12)8-10(11)13-7-4-2/h4,10H,2,6-8H2,1H3. The summed E-state index contributed by atoms with van der Waals surface area (Å²) in [5.41, 5.74) is 0. The summed E-state index contributed by atoms with van der Waals surface area (Å²) >= 11 is 0. The van der Waals surface area contributed by atoms with Crippen LogP contribution in [0.2, 0.25) is 0 Å². The number of nitrogens with zero attached hydrogens (tertiary/aromatic N) is 1. The molecule has 13 heavy (non-hydrogen) atoms. The zero-order chi connectivity index (χ0) is 9.68. The molecular formula is C10H13NO2. The third-order valence-electron chi connectivity index (χ3n) is 1.85. The second-order valence-corrected chi connectivity index (χ2v) is 2.73. The van der Waals surface area contributed by atoms with Crippen LogP contribution in [0, 0.1) is 11.8 Å². The fourth-order valence-corrected chi connectivity index (χ4v) is 1.11. The van der Waals surface area contributed by atoms with Gasteiger partial charge in [-0.2, -0.15) is 0 Å². The summed E-state index contributed by atoms with van der Waals surface area (Å²) < 4.78 is 5.33. The van der Waals surface area contributed by atoms with E-state index >= 15 is 0 Å². The zero-order valence-electron chi connectivity index (χ0n) is 7.75. The van der Waals surface area contributed by atoms with Crippen LogP contribution >= 0.6 is 0 Å². The maximum atomic E-state index is 11.1. The Bertz CT molecular complexity index is 262. The smallest absolute Gasteiger partial charge is 0.229 e. The number of carbonyl (C=O) groups excluding carboxylic acids is 1. The van der Waals surface area contributed by atoms with E-state index in [4.69, 9.17) is 4.74 Å². The Morgan fingerprint density at radius 2 is 2.62 bits per heavy atom. The number of hydrogen-bond donors (Lipinski definition) is 0. The SMILES string of the molecule is C=CCOC1CC(=O)N1CC#CC. The molecule has 3 nitrogen and oxygen atoms in total. The Hall–Kier alpha value is -1.27. The van der Waals surface area contributed by atoms with Gasteiger partial charge in [0.1, 0.15) is 6.23 Å². The van der Waals surface area contributed by atoms with E-state index in [1.807, 2.05) is 0 Å². The molecule has 1 atom stereocenters. The summed E-state index contributed by atoms with van der Waals surface area (Å²) in [6.45, 7) is 6.24. The lowest BCUT2D eigenvalue weighted by atomic mass is 10.1. The van der Waals surface area contributed by atoms with E-state index in [2.05, 4.69) is 18.4 Å². The average Bonchev–Trinajstić information content (AvgIpc) is 2.12. The second kappa shape index (κ2) is 4.68. The largest absolute Gasteiger partial charge is 0.354 e. The quantitative estimate of drug-likeness (QED) is 0.362. The Morgan fingerprint density at radius 1 is 1.85 bits per heavy atom. The van der Waals surface area contributed by atoms with Crippen LogP contribution < -0.4 is 0 Å². The molecule has 1 aliphatic heterocycles. The van der Waals surface area contributed by atoms with Crippen LogP contribution in [0.3, 0.4) is 0 Å². The molecule has 1 aliphatic rings. The summed E-state index contributed by atoms with van der Waals surface area (Å²) in [7, 11) is 0.